The van der Waals surface area contributed by atoms with Gasteiger partial charge in [0.1, 0.15) is 0 Å². The molecule has 6 nitrogen and oxygen atoms in total. The van der Waals surface area contributed by atoms with Crippen molar-refractivity contribution in [3.8, 4) is 0 Å². The Bertz CT molecular complexity index is 1420. The molecule has 68 heavy (non-hydrogen) atoms. The lowest BCUT2D eigenvalue weighted by atomic mass is 9.46. The zero-order chi connectivity index (χ0) is 48.1. The first-order valence-corrected chi connectivity index (χ1v) is 29.5. The van der Waals surface area contributed by atoms with Crippen molar-refractivity contribution in [2.75, 3.05) is 79.1 Å². The van der Waals surface area contributed by atoms with E-state index in [9.17, 15) is 0 Å². The third-order valence-electron chi connectivity index (χ3n) is 18.0. The molecule has 0 spiro atoms. The lowest BCUT2D eigenvalue weighted by Crippen LogP contribution is -2.50. The largest absolute Gasteiger partial charge is 0.379 e. The molecule has 5 aliphatic rings. The van der Waals surface area contributed by atoms with E-state index in [4.69, 9.17) is 23.7 Å². The van der Waals surface area contributed by atoms with Gasteiger partial charge in [0, 0.05) is 32.8 Å². The molecule has 0 saturated heterocycles. The first kappa shape index (κ1) is 57.6. The molecule has 0 N–H and O–H groups in total. The SMILES string of the molecule is CCCCCC=CCC=CCCCCCCCCOCC(CN1CC=CCC1)OCCOCCOCCOCCCC1CCC2(C)C(=CCC3C2CCC2(C)C(C(C)CCCC(C)C)CCC32)C1. The summed E-state index contributed by atoms with van der Waals surface area (Å²) in [6, 6.07) is 0. The Morgan fingerprint density at radius 2 is 1.38 bits per heavy atom. The van der Waals surface area contributed by atoms with Gasteiger partial charge in [-0.25, -0.2) is 0 Å². The standard InChI is InChI=1S/C62H109NO5/c1-7-8-9-10-11-12-13-14-15-16-17-18-19-20-21-25-41-67-51-56(50-63-39-23-22-24-40-63)68-48-47-66-46-45-65-44-43-64-42-27-30-54-35-37-61(5)55(49-54)31-32-57-59-34-33-58(53(4)29-26-28-52(2)3)62(59,6)38-36-60(57)61/h11-12,14-15,22-23,31,52-54,56-60H,7-10,13,16-21,24-30,32-51H2,1-6H3. The second-order valence-corrected chi connectivity index (χ2v) is 23.5. The zero-order valence-electron chi connectivity index (χ0n) is 45.5. The molecule has 4 aliphatic carbocycles. The van der Waals surface area contributed by atoms with Crippen LogP contribution in [0.25, 0.3) is 0 Å². The average Bonchev–Trinajstić information content (AvgIpc) is 3.70. The maximum absolute atomic E-state index is 6.31. The van der Waals surface area contributed by atoms with Crippen LogP contribution in [0.5, 0.6) is 0 Å². The minimum Gasteiger partial charge on any atom is -0.379 e. The Hall–Kier alpha value is -1.28. The maximum atomic E-state index is 6.31. The second-order valence-electron chi connectivity index (χ2n) is 23.5. The smallest absolute Gasteiger partial charge is 0.0936 e. The van der Waals surface area contributed by atoms with E-state index in [2.05, 4.69) is 89.0 Å². The first-order valence-electron chi connectivity index (χ1n) is 29.5. The number of fused-ring (bicyclic) bond motifs is 5. The summed E-state index contributed by atoms with van der Waals surface area (Å²) in [5.41, 5.74) is 2.88. The van der Waals surface area contributed by atoms with Crippen LogP contribution in [0, 0.1) is 52.3 Å². The van der Waals surface area contributed by atoms with E-state index in [0.717, 1.165) is 100.0 Å². The summed E-state index contributed by atoms with van der Waals surface area (Å²) in [7, 11) is 0. The molecular weight excluding hydrogens is 839 g/mol. The molecule has 0 aromatic rings. The van der Waals surface area contributed by atoms with E-state index in [0.29, 0.717) is 57.1 Å². The Balaban J connectivity index is 0.838. The van der Waals surface area contributed by atoms with E-state index in [1.54, 1.807) is 0 Å². The highest BCUT2D eigenvalue weighted by Gasteiger charge is 2.59. The minimum atomic E-state index is 0.0744. The highest BCUT2D eigenvalue weighted by atomic mass is 16.6. The zero-order valence-corrected chi connectivity index (χ0v) is 45.5. The summed E-state index contributed by atoms with van der Waals surface area (Å²) < 4.78 is 30.2. The van der Waals surface area contributed by atoms with Gasteiger partial charge in [0.2, 0.25) is 0 Å². The van der Waals surface area contributed by atoms with Crippen molar-refractivity contribution in [3.63, 3.8) is 0 Å². The third-order valence-corrected chi connectivity index (χ3v) is 18.0. The number of ether oxygens (including phenoxy) is 5. The van der Waals surface area contributed by atoms with E-state index in [-0.39, 0.29) is 6.10 Å². The number of rotatable bonds is 38. The maximum Gasteiger partial charge on any atom is 0.0936 e. The highest BCUT2D eigenvalue weighted by Crippen LogP contribution is 2.67. The molecule has 9 unspecified atom stereocenters. The summed E-state index contributed by atoms with van der Waals surface area (Å²) >= 11 is 0. The van der Waals surface area contributed by atoms with Crippen LogP contribution in [0.4, 0.5) is 0 Å². The molecule has 0 aromatic carbocycles. The number of nitrogens with zero attached hydrogens (tertiary/aromatic N) is 1. The monoisotopic (exact) mass is 948 g/mol. The summed E-state index contributed by atoms with van der Waals surface area (Å²) in [5.74, 6) is 6.33. The molecule has 9 atom stereocenters. The fraction of sp³-hybridized carbons (Fsp3) is 0.871. The lowest BCUT2D eigenvalue weighted by Gasteiger charge is -2.58. The van der Waals surface area contributed by atoms with Crippen molar-refractivity contribution in [3.05, 3.63) is 48.1 Å². The highest BCUT2D eigenvalue weighted by molar-refractivity contribution is 5.25. The van der Waals surface area contributed by atoms with E-state index in [1.807, 2.05) is 5.57 Å². The molecule has 0 amide bonds. The van der Waals surface area contributed by atoms with Crippen LogP contribution in [-0.4, -0.2) is 90.1 Å². The number of hydrogen-bond donors (Lipinski definition) is 0. The Kier molecular flexibility index (Phi) is 28.3. The van der Waals surface area contributed by atoms with Crippen LogP contribution in [0.15, 0.2) is 48.1 Å². The van der Waals surface area contributed by atoms with Crippen LogP contribution < -0.4 is 0 Å². The first-order chi connectivity index (χ1) is 33.2. The quantitative estimate of drug-likeness (QED) is 0.0454. The molecule has 3 saturated carbocycles. The molecule has 392 valence electrons. The van der Waals surface area contributed by atoms with Crippen molar-refractivity contribution >= 4 is 0 Å². The molecular formula is C62H109NO5. The summed E-state index contributed by atoms with van der Waals surface area (Å²) in [6.07, 6.45) is 51.3. The van der Waals surface area contributed by atoms with Gasteiger partial charge in [0.15, 0.2) is 0 Å². The van der Waals surface area contributed by atoms with Crippen LogP contribution in [0.2, 0.25) is 0 Å². The van der Waals surface area contributed by atoms with Gasteiger partial charge in [-0.2, -0.15) is 0 Å². The summed E-state index contributed by atoms with van der Waals surface area (Å²) in [6.45, 7) is 24.1. The van der Waals surface area contributed by atoms with Gasteiger partial charge in [-0.15, -0.1) is 0 Å². The van der Waals surface area contributed by atoms with Crippen LogP contribution in [0.3, 0.4) is 0 Å². The fourth-order valence-corrected chi connectivity index (χ4v) is 14.0. The molecule has 6 heteroatoms. The van der Waals surface area contributed by atoms with Gasteiger partial charge < -0.3 is 23.7 Å². The van der Waals surface area contributed by atoms with Crippen LogP contribution in [0.1, 0.15) is 208 Å². The van der Waals surface area contributed by atoms with Gasteiger partial charge in [-0.3, -0.25) is 4.90 Å². The molecule has 0 aromatic heterocycles. The van der Waals surface area contributed by atoms with Crippen molar-refractivity contribution in [1.82, 2.24) is 4.90 Å². The summed E-state index contributed by atoms with van der Waals surface area (Å²) in [5, 5.41) is 0. The van der Waals surface area contributed by atoms with E-state index >= 15 is 0 Å². The lowest BCUT2D eigenvalue weighted by molar-refractivity contribution is -0.0560. The van der Waals surface area contributed by atoms with Crippen molar-refractivity contribution in [2.45, 2.75) is 215 Å². The van der Waals surface area contributed by atoms with Gasteiger partial charge in [-0.1, -0.05) is 147 Å². The minimum absolute atomic E-state index is 0.0744. The topological polar surface area (TPSA) is 49.4 Å². The van der Waals surface area contributed by atoms with Crippen LogP contribution in [-0.2, 0) is 23.7 Å². The van der Waals surface area contributed by atoms with Crippen molar-refractivity contribution in [1.29, 1.82) is 0 Å². The number of unbranched alkanes of at least 4 members (excludes halogenated alkanes) is 9. The molecule has 3 fully saturated rings. The molecule has 1 heterocycles. The third kappa shape index (κ3) is 20.0. The Labute approximate surface area is 421 Å². The second kappa shape index (κ2) is 33.4. The summed E-state index contributed by atoms with van der Waals surface area (Å²) in [4.78, 5) is 2.47. The van der Waals surface area contributed by atoms with Crippen LogP contribution >= 0.6 is 0 Å². The Morgan fingerprint density at radius 3 is 2.12 bits per heavy atom. The molecule has 0 radical (unpaired) electrons. The van der Waals surface area contributed by atoms with Crippen molar-refractivity contribution in [2.24, 2.45) is 52.3 Å². The molecule has 0 bridgehead atoms. The predicted molar refractivity (Wildman–Crippen MR) is 288 cm³/mol. The number of allylic oxidation sites excluding steroid dienone is 6. The van der Waals surface area contributed by atoms with Crippen molar-refractivity contribution < 1.29 is 23.7 Å². The molecule has 5 rings (SSSR count). The Morgan fingerprint density at radius 1 is 0.676 bits per heavy atom. The van der Waals surface area contributed by atoms with E-state index in [1.165, 1.54) is 141 Å². The van der Waals surface area contributed by atoms with Gasteiger partial charge in [0.05, 0.1) is 52.4 Å². The van der Waals surface area contributed by atoms with Gasteiger partial charge in [-0.05, 0) is 161 Å². The number of hydrogen-bond acceptors (Lipinski definition) is 6. The predicted octanol–water partition coefficient (Wildman–Crippen LogP) is 16.0. The van der Waals surface area contributed by atoms with E-state index < -0.39 is 0 Å². The molecule has 1 aliphatic heterocycles. The van der Waals surface area contributed by atoms with Gasteiger partial charge in [0.25, 0.3) is 0 Å². The normalized spacial score (nSPS) is 28.3. The fourth-order valence-electron chi connectivity index (χ4n) is 14.0. The van der Waals surface area contributed by atoms with Gasteiger partial charge >= 0.3 is 0 Å². The average molecular weight is 949 g/mol.